The number of rotatable bonds is 6. The number of aliphatic hydroxyl groups is 1. The van der Waals surface area contributed by atoms with Crippen LogP contribution in [0.5, 0.6) is 0 Å². The summed E-state index contributed by atoms with van der Waals surface area (Å²) in [6.07, 6.45) is 4.17. The SMILES string of the molecule is Cc1ccc(CCC(O)CNC2CC2)c(C)c1. The largest absolute Gasteiger partial charge is 0.392 e. The van der Waals surface area contributed by atoms with E-state index in [2.05, 4.69) is 37.4 Å². The topological polar surface area (TPSA) is 32.3 Å². The number of hydrogen-bond donors (Lipinski definition) is 2. The highest BCUT2D eigenvalue weighted by atomic mass is 16.3. The van der Waals surface area contributed by atoms with Gasteiger partial charge in [-0.15, -0.1) is 0 Å². The quantitative estimate of drug-likeness (QED) is 0.790. The molecule has 2 nitrogen and oxygen atoms in total. The number of aliphatic hydroxyl groups excluding tert-OH is 1. The Morgan fingerprint density at radius 2 is 2.12 bits per heavy atom. The second kappa shape index (κ2) is 5.65. The molecule has 2 heteroatoms. The van der Waals surface area contributed by atoms with E-state index < -0.39 is 0 Å². The van der Waals surface area contributed by atoms with Gasteiger partial charge in [0.25, 0.3) is 0 Å². The Hall–Kier alpha value is -0.860. The van der Waals surface area contributed by atoms with E-state index in [1.807, 2.05) is 0 Å². The molecule has 0 saturated heterocycles. The Balaban J connectivity index is 1.75. The summed E-state index contributed by atoms with van der Waals surface area (Å²) in [6.45, 7) is 5.01. The third kappa shape index (κ3) is 4.14. The molecule has 2 rings (SSSR count). The van der Waals surface area contributed by atoms with Crippen molar-refractivity contribution in [3.8, 4) is 0 Å². The van der Waals surface area contributed by atoms with E-state index in [1.54, 1.807) is 0 Å². The van der Waals surface area contributed by atoms with Gasteiger partial charge in [-0.2, -0.15) is 0 Å². The third-order valence-corrected chi connectivity index (χ3v) is 3.46. The van der Waals surface area contributed by atoms with Crippen LogP contribution >= 0.6 is 0 Å². The molecule has 1 aromatic carbocycles. The van der Waals surface area contributed by atoms with Crippen molar-refractivity contribution >= 4 is 0 Å². The van der Waals surface area contributed by atoms with Gasteiger partial charge in [0.1, 0.15) is 0 Å². The molecule has 17 heavy (non-hydrogen) atoms. The molecule has 1 aliphatic carbocycles. The van der Waals surface area contributed by atoms with Gasteiger partial charge in [-0.1, -0.05) is 23.8 Å². The van der Waals surface area contributed by atoms with Crippen molar-refractivity contribution in [3.05, 3.63) is 34.9 Å². The van der Waals surface area contributed by atoms with Crippen LogP contribution in [0, 0.1) is 13.8 Å². The Labute approximate surface area is 104 Å². The molecule has 1 fully saturated rings. The Morgan fingerprint density at radius 1 is 1.35 bits per heavy atom. The van der Waals surface area contributed by atoms with Crippen LogP contribution < -0.4 is 5.32 Å². The van der Waals surface area contributed by atoms with Crippen LogP contribution in [-0.2, 0) is 6.42 Å². The average Bonchev–Trinajstić information content (AvgIpc) is 3.09. The first-order valence-corrected chi connectivity index (χ1v) is 6.63. The third-order valence-electron chi connectivity index (χ3n) is 3.46. The molecule has 1 aliphatic rings. The van der Waals surface area contributed by atoms with Gasteiger partial charge in [0.05, 0.1) is 6.10 Å². The maximum atomic E-state index is 9.87. The lowest BCUT2D eigenvalue weighted by atomic mass is 10.00. The minimum absolute atomic E-state index is 0.212. The van der Waals surface area contributed by atoms with E-state index in [0.717, 1.165) is 19.4 Å². The van der Waals surface area contributed by atoms with Gasteiger partial charge in [-0.05, 0) is 50.7 Å². The van der Waals surface area contributed by atoms with Gasteiger partial charge in [0.2, 0.25) is 0 Å². The Kier molecular flexibility index (Phi) is 4.19. The molecule has 0 aliphatic heterocycles. The van der Waals surface area contributed by atoms with Gasteiger partial charge in [0.15, 0.2) is 0 Å². The molecular formula is C15H23NO. The van der Waals surface area contributed by atoms with Gasteiger partial charge < -0.3 is 10.4 Å². The molecule has 1 saturated carbocycles. The van der Waals surface area contributed by atoms with Crippen LogP contribution in [-0.4, -0.2) is 23.8 Å². The normalized spacial score (nSPS) is 17.1. The van der Waals surface area contributed by atoms with Crippen molar-refractivity contribution in [1.82, 2.24) is 5.32 Å². The number of nitrogens with one attached hydrogen (secondary N) is 1. The van der Waals surface area contributed by atoms with Gasteiger partial charge >= 0.3 is 0 Å². The lowest BCUT2D eigenvalue weighted by Gasteiger charge is -2.12. The zero-order chi connectivity index (χ0) is 12.3. The highest BCUT2D eigenvalue weighted by molar-refractivity contribution is 5.30. The van der Waals surface area contributed by atoms with Crippen LogP contribution in [0.25, 0.3) is 0 Å². The molecule has 1 aromatic rings. The molecule has 0 heterocycles. The standard InChI is InChI=1S/C15H23NO/c1-11-3-4-13(12(2)9-11)5-8-15(17)10-16-14-6-7-14/h3-4,9,14-17H,5-8,10H2,1-2H3. The molecule has 0 radical (unpaired) electrons. The summed E-state index contributed by atoms with van der Waals surface area (Å²) in [7, 11) is 0. The minimum Gasteiger partial charge on any atom is -0.392 e. The van der Waals surface area contributed by atoms with Crippen molar-refractivity contribution in [2.75, 3.05) is 6.54 Å². The molecular weight excluding hydrogens is 210 g/mol. The van der Waals surface area contributed by atoms with Gasteiger partial charge in [-0.25, -0.2) is 0 Å². The van der Waals surface area contributed by atoms with E-state index in [4.69, 9.17) is 0 Å². The number of benzene rings is 1. The van der Waals surface area contributed by atoms with E-state index in [-0.39, 0.29) is 6.10 Å². The van der Waals surface area contributed by atoms with Gasteiger partial charge in [-0.3, -0.25) is 0 Å². The molecule has 0 spiro atoms. The fraction of sp³-hybridized carbons (Fsp3) is 0.600. The summed E-state index contributed by atoms with van der Waals surface area (Å²) in [5.74, 6) is 0. The summed E-state index contributed by atoms with van der Waals surface area (Å²) in [4.78, 5) is 0. The van der Waals surface area contributed by atoms with Gasteiger partial charge in [0, 0.05) is 12.6 Å². The fourth-order valence-corrected chi connectivity index (χ4v) is 2.14. The van der Waals surface area contributed by atoms with Crippen LogP contribution in [0.2, 0.25) is 0 Å². The number of hydrogen-bond acceptors (Lipinski definition) is 2. The first-order valence-electron chi connectivity index (χ1n) is 6.63. The van der Waals surface area contributed by atoms with Crippen LogP contribution in [0.15, 0.2) is 18.2 Å². The maximum Gasteiger partial charge on any atom is 0.0667 e. The molecule has 0 amide bonds. The zero-order valence-electron chi connectivity index (χ0n) is 10.9. The molecule has 2 N–H and O–H groups in total. The predicted molar refractivity (Wildman–Crippen MR) is 71.3 cm³/mol. The van der Waals surface area contributed by atoms with E-state index >= 15 is 0 Å². The lowest BCUT2D eigenvalue weighted by molar-refractivity contribution is 0.161. The molecule has 94 valence electrons. The van der Waals surface area contributed by atoms with E-state index in [0.29, 0.717) is 6.04 Å². The maximum absolute atomic E-state index is 9.87. The Bertz CT molecular complexity index is 371. The van der Waals surface area contributed by atoms with Crippen LogP contribution in [0.4, 0.5) is 0 Å². The fourth-order valence-electron chi connectivity index (χ4n) is 2.14. The monoisotopic (exact) mass is 233 g/mol. The van der Waals surface area contributed by atoms with Crippen molar-refractivity contribution in [3.63, 3.8) is 0 Å². The summed E-state index contributed by atoms with van der Waals surface area (Å²) in [5.41, 5.74) is 4.01. The van der Waals surface area contributed by atoms with E-state index in [1.165, 1.54) is 29.5 Å². The first kappa shape index (κ1) is 12.6. The summed E-state index contributed by atoms with van der Waals surface area (Å²) >= 11 is 0. The van der Waals surface area contributed by atoms with Crippen molar-refractivity contribution in [2.24, 2.45) is 0 Å². The number of aryl methyl sites for hydroxylation is 3. The van der Waals surface area contributed by atoms with Crippen molar-refractivity contribution < 1.29 is 5.11 Å². The molecule has 0 aromatic heterocycles. The smallest absolute Gasteiger partial charge is 0.0667 e. The summed E-state index contributed by atoms with van der Waals surface area (Å²) < 4.78 is 0. The molecule has 1 unspecified atom stereocenters. The van der Waals surface area contributed by atoms with Crippen LogP contribution in [0.1, 0.15) is 36.0 Å². The second-order valence-electron chi connectivity index (χ2n) is 5.30. The first-order chi connectivity index (χ1) is 8.15. The van der Waals surface area contributed by atoms with Crippen LogP contribution in [0.3, 0.4) is 0 Å². The second-order valence-corrected chi connectivity index (χ2v) is 5.30. The lowest BCUT2D eigenvalue weighted by Crippen LogP contribution is -2.28. The Morgan fingerprint density at radius 3 is 2.76 bits per heavy atom. The average molecular weight is 233 g/mol. The van der Waals surface area contributed by atoms with Crippen molar-refractivity contribution in [2.45, 2.75) is 51.7 Å². The highest BCUT2D eigenvalue weighted by Gasteiger charge is 2.21. The molecule has 0 bridgehead atoms. The summed E-state index contributed by atoms with van der Waals surface area (Å²) in [5, 5.41) is 13.2. The zero-order valence-corrected chi connectivity index (χ0v) is 10.9. The predicted octanol–water partition coefficient (Wildman–Crippen LogP) is 2.35. The summed E-state index contributed by atoms with van der Waals surface area (Å²) in [6, 6.07) is 7.23. The van der Waals surface area contributed by atoms with Crippen molar-refractivity contribution in [1.29, 1.82) is 0 Å². The highest BCUT2D eigenvalue weighted by Crippen LogP contribution is 2.19. The minimum atomic E-state index is -0.212. The molecule has 1 atom stereocenters. The van der Waals surface area contributed by atoms with E-state index in [9.17, 15) is 5.11 Å².